The Morgan fingerprint density at radius 3 is 2.50 bits per heavy atom. The molecule has 0 saturated carbocycles. The van der Waals surface area contributed by atoms with Crippen molar-refractivity contribution in [3.8, 4) is 0 Å². The van der Waals surface area contributed by atoms with E-state index in [1.54, 1.807) is 29.3 Å². The van der Waals surface area contributed by atoms with Crippen molar-refractivity contribution in [2.24, 2.45) is 0 Å². The molecule has 0 atom stereocenters. The molecule has 0 N–H and O–H groups in total. The lowest BCUT2D eigenvalue weighted by Crippen LogP contribution is -2.21. The van der Waals surface area contributed by atoms with Crippen molar-refractivity contribution in [2.75, 3.05) is 19.0 Å². The maximum atomic E-state index is 12.9. The summed E-state index contributed by atoms with van der Waals surface area (Å²) < 4.78 is 0. The quantitative estimate of drug-likeness (QED) is 0.752. The van der Waals surface area contributed by atoms with Crippen LogP contribution in [0.1, 0.15) is 5.56 Å². The predicted octanol–water partition coefficient (Wildman–Crippen LogP) is 4.57. The van der Waals surface area contributed by atoms with Crippen LogP contribution in [0.15, 0.2) is 48.7 Å². The van der Waals surface area contributed by atoms with E-state index in [1.165, 1.54) is 0 Å². The van der Waals surface area contributed by atoms with Gasteiger partial charge in [0.05, 0.1) is 22.0 Å². The molecule has 0 radical (unpaired) electrons. The Kier molecular flexibility index (Phi) is 3.85. The van der Waals surface area contributed by atoms with Gasteiger partial charge < -0.3 is 4.90 Å². The summed E-state index contributed by atoms with van der Waals surface area (Å²) in [4.78, 5) is 16.4. The number of rotatable bonds is 2. The molecule has 1 heterocycles. The smallest absolute Gasteiger partial charge is 0.265 e. The first-order chi connectivity index (χ1) is 10.5. The van der Waals surface area contributed by atoms with Crippen molar-refractivity contribution < 1.29 is 4.79 Å². The monoisotopic (exact) mass is 332 g/mol. The zero-order valence-electron chi connectivity index (χ0n) is 12.2. The number of carbonyl (C=O) groups is 1. The van der Waals surface area contributed by atoms with E-state index in [1.807, 2.05) is 43.3 Å². The minimum absolute atomic E-state index is 0.112. The summed E-state index contributed by atoms with van der Waals surface area (Å²) in [5.41, 5.74) is 2.82. The van der Waals surface area contributed by atoms with Gasteiger partial charge in [-0.15, -0.1) is 0 Å². The van der Waals surface area contributed by atoms with E-state index < -0.39 is 0 Å². The summed E-state index contributed by atoms with van der Waals surface area (Å²) in [5, 5.41) is 1.14. The Labute approximate surface area is 139 Å². The van der Waals surface area contributed by atoms with Gasteiger partial charge in [0.15, 0.2) is 0 Å². The molecule has 3 nitrogen and oxygen atoms in total. The maximum absolute atomic E-state index is 12.9. The molecule has 0 aromatic heterocycles. The van der Waals surface area contributed by atoms with Gasteiger partial charge in [0.1, 0.15) is 0 Å². The van der Waals surface area contributed by atoms with Gasteiger partial charge in [-0.05, 0) is 30.3 Å². The van der Waals surface area contributed by atoms with Crippen LogP contribution in [0.4, 0.5) is 11.4 Å². The Morgan fingerprint density at radius 1 is 1.09 bits per heavy atom. The third kappa shape index (κ3) is 2.47. The van der Waals surface area contributed by atoms with Crippen molar-refractivity contribution in [3.05, 3.63) is 64.3 Å². The zero-order valence-corrected chi connectivity index (χ0v) is 13.7. The summed E-state index contributed by atoms with van der Waals surface area (Å²) in [6.45, 7) is 0. The fourth-order valence-electron chi connectivity index (χ4n) is 2.55. The summed E-state index contributed by atoms with van der Waals surface area (Å²) in [7, 11) is 3.75. The molecule has 5 heteroatoms. The van der Waals surface area contributed by atoms with Crippen LogP contribution in [0.3, 0.4) is 0 Å². The lowest BCUT2D eigenvalue weighted by atomic mass is 10.1. The lowest BCUT2D eigenvalue weighted by Gasteiger charge is -2.17. The van der Waals surface area contributed by atoms with Gasteiger partial charge in [-0.25, -0.2) is 0 Å². The highest BCUT2D eigenvalue weighted by Crippen LogP contribution is 2.45. The van der Waals surface area contributed by atoms with Crippen LogP contribution >= 0.6 is 23.2 Å². The Bertz CT molecular complexity index is 784. The van der Waals surface area contributed by atoms with E-state index in [9.17, 15) is 4.79 Å². The molecule has 112 valence electrons. The van der Waals surface area contributed by atoms with E-state index in [2.05, 4.69) is 0 Å². The molecule has 3 rings (SSSR count). The molecule has 2 aromatic carbocycles. The topological polar surface area (TPSA) is 23.6 Å². The average Bonchev–Trinajstić information content (AvgIpc) is 2.72. The van der Waals surface area contributed by atoms with Crippen LogP contribution in [-0.2, 0) is 4.79 Å². The van der Waals surface area contributed by atoms with E-state index in [-0.39, 0.29) is 5.91 Å². The Balaban J connectivity index is 2.23. The van der Waals surface area contributed by atoms with Crippen molar-refractivity contribution in [1.82, 2.24) is 4.90 Å². The zero-order chi connectivity index (χ0) is 15.9. The molecule has 22 heavy (non-hydrogen) atoms. The van der Waals surface area contributed by atoms with Gasteiger partial charge in [0, 0.05) is 30.9 Å². The van der Waals surface area contributed by atoms with Gasteiger partial charge >= 0.3 is 0 Å². The molecule has 1 amide bonds. The largest absolute Gasteiger partial charge is 0.383 e. The minimum Gasteiger partial charge on any atom is -0.383 e. The van der Waals surface area contributed by atoms with Gasteiger partial charge in [0.2, 0.25) is 0 Å². The standard InChI is InChI=1S/C17H14Cl2N2O/c1-20(2)10-13-16-14(19)7-4-8-15(16)21(17(13)22)12-6-3-5-11(18)9-12/h3-10H,1-2H3. The van der Waals surface area contributed by atoms with E-state index in [0.717, 1.165) is 16.9 Å². The predicted molar refractivity (Wildman–Crippen MR) is 91.7 cm³/mol. The van der Waals surface area contributed by atoms with Gasteiger partial charge in [-0.2, -0.15) is 0 Å². The van der Waals surface area contributed by atoms with Crippen molar-refractivity contribution in [3.63, 3.8) is 0 Å². The van der Waals surface area contributed by atoms with Crippen molar-refractivity contribution >= 4 is 46.1 Å². The Hall–Kier alpha value is -1.97. The number of hydrogen-bond donors (Lipinski definition) is 0. The van der Waals surface area contributed by atoms with E-state index in [0.29, 0.717) is 15.6 Å². The van der Waals surface area contributed by atoms with Gasteiger partial charge in [0.25, 0.3) is 5.91 Å². The minimum atomic E-state index is -0.112. The normalized spacial score (nSPS) is 15.4. The van der Waals surface area contributed by atoms with Crippen LogP contribution in [0.5, 0.6) is 0 Å². The second-order valence-electron chi connectivity index (χ2n) is 5.26. The van der Waals surface area contributed by atoms with Crippen LogP contribution in [0.2, 0.25) is 10.0 Å². The average molecular weight is 333 g/mol. The molecule has 1 aliphatic rings. The summed E-state index contributed by atoms with van der Waals surface area (Å²) in [5.74, 6) is -0.112. The fourth-order valence-corrected chi connectivity index (χ4v) is 3.01. The van der Waals surface area contributed by atoms with Crippen LogP contribution < -0.4 is 4.90 Å². The third-order valence-electron chi connectivity index (χ3n) is 3.39. The molecule has 0 bridgehead atoms. The molecule has 2 aromatic rings. The highest BCUT2D eigenvalue weighted by Gasteiger charge is 2.35. The number of nitrogens with zero attached hydrogens (tertiary/aromatic N) is 2. The molecule has 1 aliphatic heterocycles. The fraction of sp³-hybridized carbons (Fsp3) is 0.118. The number of halogens is 2. The second kappa shape index (κ2) is 5.67. The number of amides is 1. The number of anilines is 2. The van der Waals surface area contributed by atoms with Crippen LogP contribution in [-0.4, -0.2) is 24.9 Å². The molecular weight excluding hydrogens is 319 g/mol. The number of benzene rings is 2. The first-order valence-corrected chi connectivity index (χ1v) is 7.52. The third-order valence-corrected chi connectivity index (χ3v) is 3.94. The number of fused-ring (bicyclic) bond motifs is 1. The SMILES string of the molecule is CN(C)C=C1C(=O)N(c2cccc(Cl)c2)c2cccc(Cl)c21. The molecule has 0 aliphatic carbocycles. The number of carbonyl (C=O) groups excluding carboxylic acids is 1. The maximum Gasteiger partial charge on any atom is 0.265 e. The van der Waals surface area contributed by atoms with Crippen LogP contribution in [0, 0.1) is 0 Å². The first-order valence-electron chi connectivity index (χ1n) is 6.76. The summed E-state index contributed by atoms with van der Waals surface area (Å²) in [6.07, 6.45) is 1.79. The van der Waals surface area contributed by atoms with Crippen LogP contribution in [0.25, 0.3) is 5.57 Å². The highest BCUT2D eigenvalue weighted by molar-refractivity contribution is 6.41. The first kappa shape index (κ1) is 14.9. The molecular formula is C17H14Cl2N2O. The summed E-state index contributed by atoms with van der Waals surface area (Å²) >= 11 is 12.4. The van der Waals surface area contributed by atoms with E-state index in [4.69, 9.17) is 23.2 Å². The molecule has 0 saturated heterocycles. The molecule has 0 spiro atoms. The molecule has 0 fully saturated rings. The van der Waals surface area contributed by atoms with Crippen molar-refractivity contribution in [2.45, 2.75) is 0 Å². The Morgan fingerprint density at radius 2 is 1.82 bits per heavy atom. The second-order valence-corrected chi connectivity index (χ2v) is 6.10. The summed E-state index contributed by atoms with van der Waals surface area (Å²) in [6, 6.07) is 12.7. The molecule has 0 unspecified atom stereocenters. The van der Waals surface area contributed by atoms with Gasteiger partial charge in [-0.1, -0.05) is 35.3 Å². The number of hydrogen-bond acceptors (Lipinski definition) is 2. The highest BCUT2D eigenvalue weighted by atomic mass is 35.5. The lowest BCUT2D eigenvalue weighted by molar-refractivity contribution is -0.112. The van der Waals surface area contributed by atoms with E-state index >= 15 is 0 Å². The van der Waals surface area contributed by atoms with Gasteiger partial charge in [-0.3, -0.25) is 9.69 Å². The van der Waals surface area contributed by atoms with Crippen molar-refractivity contribution in [1.29, 1.82) is 0 Å².